The first kappa shape index (κ1) is 14.4. The fourth-order valence-corrected chi connectivity index (χ4v) is 2.17. The third-order valence-electron chi connectivity index (χ3n) is 3.37. The molecule has 1 saturated heterocycles. The van der Waals surface area contributed by atoms with E-state index in [1.165, 1.54) is 12.1 Å². The molecule has 0 bridgehead atoms. The number of hydrogen-bond acceptors (Lipinski definition) is 6. The van der Waals surface area contributed by atoms with Crippen LogP contribution in [-0.2, 0) is 15.3 Å². The number of pyridine rings is 1. The van der Waals surface area contributed by atoms with E-state index in [4.69, 9.17) is 14.2 Å². The van der Waals surface area contributed by atoms with Gasteiger partial charge in [0.2, 0.25) is 5.88 Å². The molecule has 7 heteroatoms. The molecule has 1 aromatic carbocycles. The SMILES string of the molecule is CC1(c2ccc(Oc3ccc([N+](=O)[O-])cn3)cc2)OCCO1. The fourth-order valence-electron chi connectivity index (χ4n) is 2.17. The average Bonchev–Trinajstić information content (AvgIpc) is 2.96. The van der Waals surface area contributed by atoms with Crippen molar-refractivity contribution in [2.24, 2.45) is 0 Å². The molecular weight excluding hydrogens is 288 g/mol. The molecule has 1 aliphatic rings. The molecule has 2 aromatic rings. The maximum Gasteiger partial charge on any atom is 0.287 e. The van der Waals surface area contributed by atoms with Crippen molar-refractivity contribution >= 4 is 5.69 Å². The summed E-state index contributed by atoms with van der Waals surface area (Å²) in [5.41, 5.74) is 0.820. The lowest BCUT2D eigenvalue weighted by molar-refractivity contribution is -0.385. The third kappa shape index (κ3) is 2.90. The molecule has 0 spiro atoms. The Morgan fingerprint density at radius 3 is 2.41 bits per heavy atom. The van der Waals surface area contributed by atoms with Crippen molar-refractivity contribution in [2.75, 3.05) is 13.2 Å². The van der Waals surface area contributed by atoms with Crippen LogP contribution in [0.2, 0.25) is 0 Å². The maximum atomic E-state index is 10.6. The van der Waals surface area contributed by atoms with Gasteiger partial charge in [0, 0.05) is 17.7 Å². The Balaban J connectivity index is 1.72. The molecule has 0 saturated carbocycles. The predicted molar refractivity (Wildman–Crippen MR) is 76.7 cm³/mol. The van der Waals surface area contributed by atoms with Crippen LogP contribution < -0.4 is 4.74 Å². The molecular formula is C15H14N2O5. The van der Waals surface area contributed by atoms with Crippen LogP contribution in [0.3, 0.4) is 0 Å². The number of rotatable bonds is 4. The molecule has 0 atom stereocenters. The molecule has 1 aromatic heterocycles. The quantitative estimate of drug-likeness (QED) is 0.637. The molecule has 0 N–H and O–H groups in total. The molecule has 1 fully saturated rings. The highest BCUT2D eigenvalue weighted by molar-refractivity contribution is 5.34. The van der Waals surface area contributed by atoms with Gasteiger partial charge in [0.15, 0.2) is 5.79 Å². The third-order valence-corrected chi connectivity index (χ3v) is 3.37. The molecule has 3 rings (SSSR count). The number of aromatic nitrogens is 1. The normalized spacial score (nSPS) is 16.4. The molecule has 0 amide bonds. The minimum atomic E-state index is -0.718. The maximum absolute atomic E-state index is 10.6. The Morgan fingerprint density at radius 1 is 1.18 bits per heavy atom. The summed E-state index contributed by atoms with van der Waals surface area (Å²) >= 11 is 0. The van der Waals surface area contributed by atoms with Gasteiger partial charge >= 0.3 is 0 Å². The van der Waals surface area contributed by atoms with Crippen LogP contribution in [0.25, 0.3) is 0 Å². The smallest absolute Gasteiger partial charge is 0.287 e. The molecule has 7 nitrogen and oxygen atoms in total. The van der Waals surface area contributed by atoms with Gasteiger partial charge in [-0.25, -0.2) is 4.98 Å². The van der Waals surface area contributed by atoms with Gasteiger partial charge in [-0.15, -0.1) is 0 Å². The minimum absolute atomic E-state index is 0.0776. The summed E-state index contributed by atoms with van der Waals surface area (Å²) in [5, 5.41) is 10.6. The number of nitro groups is 1. The van der Waals surface area contributed by atoms with E-state index in [0.29, 0.717) is 19.0 Å². The van der Waals surface area contributed by atoms with Gasteiger partial charge < -0.3 is 14.2 Å². The molecule has 0 radical (unpaired) electrons. The summed E-state index contributed by atoms with van der Waals surface area (Å²) in [7, 11) is 0. The van der Waals surface area contributed by atoms with E-state index < -0.39 is 10.7 Å². The topological polar surface area (TPSA) is 83.7 Å². The predicted octanol–water partition coefficient (Wildman–Crippen LogP) is 3.00. The van der Waals surface area contributed by atoms with Crippen molar-refractivity contribution in [1.82, 2.24) is 4.98 Å². The van der Waals surface area contributed by atoms with Crippen molar-refractivity contribution in [3.63, 3.8) is 0 Å². The second-order valence-electron chi connectivity index (χ2n) is 4.88. The lowest BCUT2D eigenvalue weighted by atomic mass is 10.1. The van der Waals surface area contributed by atoms with Crippen molar-refractivity contribution in [3.8, 4) is 11.6 Å². The van der Waals surface area contributed by atoms with Crippen LogP contribution in [0.4, 0.5) is 5.69 Å². The highest BCUT2D eigenvalue weighted by Gasteiger charge is 2.32. The summed E-state index contributed by atoms with van der Waals surface area (Å²) < 4.78 is 16.7. The van der Waals surface area contributed by atoms with Crippen molar-refractivity contribution in [3.05, 3.63) is 58.3 Å². The summed E-state index contributed by atoms with van der Waals surface area (Å²) in [6, 6.07) is 10.1. The highest BCUT2D eigenvalue weighted by Crippen LogP contribution is 2.32. The highest BCUT2D eigenvalue weighted by atomic mass is 16.7. The van der Waals surface area contributed by atoms with Crippen molar-refractivity contribution in [2.45, 2.75) is 12.7 Å². The van der Waals surface area contributed by atoms with Crippen molar-refractivity contribution < 1.29 is 19.1 Å². The van der Waals surface area contributed by atoms with Crippen LogP contribution in [0.15, 0.2) is 42.6 Å². The molecule has 1 aliphatic heterocycles. The standard InChI is InChI=1S/C15H14N2O5/c1-15(20-8-9-21-15)11-2-5-13(6-3-11)22-14-7-4-12(10-16-14)17(18)19/h2-7,10H,8-9H2,1H3. The Hall–Kier alpha value is -2.51. The molecule has 0 unspecified atom stereocenters. The van der Waals surface area contributed by atoms with Gasteiger partial charge in [-0.2, -0.15) is 0 Å². The zero-order valence-corrected chi connectivity index (χ0v) is 11.9. The molecule has 0 aliphatic carbocycles. The number of benzene rings is 1. The summed E-state index contributed by atoms with van der Waals surface area (Å²) in [5.74, 6) is 0.147. The van der Waals surface area contributed by atoms with Gasteiger partial charge in [0.1, 0.15) is 11.9 Å². The van der Waals surface area contributed by atoms with Gasteiger partial charge in [-0.1, -0.05) is 0 Å². The Kier molecular flexibility index (Phi) is 3.74. The van der Waals surface area contributed by atoms with E-state index in [1.807, 2.05) is 19.1 Å². The summed E-state index contributed by atoms with van der Waals surface area (Å²) in [6.45, 7) is 3.01. The van der Waals surface area contributed by atoms with E-state index in [-0.39, 0.29) is 11.6 Å². The van der Waals surface area contributed by atoms with E-state index >= 15 is 0 Å². The van der Waals surface area contributed by atoms with Crippen LogP contribution in [0.1, 0.15) is 12.5 Å². The summed E-state index contributed by atoms with van der Waals surface area (Å²) in [6.07, 6.45) is 1.16. The summed E-state index contributed by atoms with van der Waals surface area (Å²) in [4.78, 5) is 14.0. The van der Waals surface area contributed by atoms with Gasteiger partial charge in [-0.05, 0) is 31.2 Å². The number of ether oxygens (including phenoxy) is 3. The van der Waals surface area contributed by atoms with Gasteiger partial charge in [-0.3, -0.25) is 10.1 Å². The van der Waals surface area contributed by atoms with Crippen LogP contribution in [-0.4, -0.2) is 23.1 Å². The lowest BCUT2D eigenvalue weighted by Crippen LogP contribution is -2.22. The first-order valence-corrected chi connectivity index (χ1v) is 6.74. The average molecular weight is 302 g/mol. The zero-order chi connectivity index (χ0) is 15.6. The van der Waals surface area contributed by atoms with Crippen LogP contribution in [0.5, 0.6) is 11.6 Å². The second kappa shape index (κ2) is 5.70. The fraction of sp³-hybridized carbons (Fsp3) is 0.267. The molecule has 2 heterocycles. The Bertz CT molecular complexity index is 663. The van der Waals surface area contributed by atoms with Crippen LogP contribution >= 0.6 is 0 Å². The number of nitrogens with zero attached hydrogens (tertiary/aromatic N) is 2. The zero-order valence-electron chi connectivity index (χ0n) is 11.9. The number of hydrogen-bond donors (Lipinski definition) is 0. The Morgan fingerprint density at radius 2 is 1.86 bits per heavy atom. The molecule has 114 valence electrons. The first-order chi connectivity index (χ1) is 10.6. The molecule has 22 heavy (non-hydrogen) atoms. The van der Waals surface area contributed by atoms with E-state index in [9.17, 15) is 10.1 Å². The van der Waals surface area contributed by atoms with Gasteiger partial charge in [0.05, 0.1) is 18.1 Å². The second-order valence-corrected chi connectivity index (χ2v) is 4.88. The first-order valence-electron chi connectivity index (χ1n) is 6.74. The lowest BCUT2D eigenvalue weighted by Gasteiger charge is -2.22. The van der Waals surface area contributed by atoms with Gasteiger partial charge in [0.25, 0.3) is 5.69 Å². The minimum Gasteiger partial charge on any atom is -0.439 e. The van der Waals surface area contributed by atoms with E-state index in [0.717, 1.165) is 11.8 Å². The van der Waals surface area contributed by atoms with Crippen molar-refractivity contribution in [1.29, 1.82) is 0 Å². The Labute approximate surface area is 126 Å². The van der Waals surface area contributed by atoms with Crippen LogP contribution in [0, 0.1) is 10.1 Å². The largest absolute Gasteiger partial charge is 0.439 e. The van der Waals surface area contributed by atoms with E-state index in [2.05, 4.69) is 4.98 Å². The monoisotopic (exact) mass is 302 g/mol. The van der Waals surface area contributed by atoms with E-state index in [1.54, 1.807) is 12.1 Å².